The Labute approximate surface area is 117 Å². The molecule has 1 aromatic rings. The lowest BCUT2D eigenvalue weighted by atomic mass is 10.2. The highest BCUT2D eigenvalue weighted by molar-refractivity contribution is 7.98. The van der Waals surface area contributed by atoms with Crippen LogP contribution in [0, 0.1) is 0 Å². The summed E-state index contributed by atoms with van der Waals surface area (Å²) < 4.78 is 22.6. The number of anilines is 1. The molecule has 0 aromatic heterocycles. The van der Waals surface area contributed by atoms with Crippen molar-refractivity contribution in [3.63, 3.8) is 0 Å². The van der Waals surface area contributed by atoms with E-state index >= 15 is 0 Å². The van der Waals surface area contributed by atoms with Crippen LogP contribution in [0.3, 0.4) is 0 Å². The Bertz CT molecular complexity index is 526. The maximum absolute atomic E-state index is 11.7. The predicted molar refractivity (Wildman–Crippen MR) is 79.2 cm³/mol. The van der Waals surface area contributed by atoms with Gasteiger partial charge in [0.1, 0.15) is 0 Å². The second-order valence-electron chi connectivity index (χ2n) is 4.17. The van der Waals surface area contributed by atoms with Crippen molar-refractivity contribution >= 4 is 33.2 Å². The molecule has 5 nitrogen and oxygen atoms in total. The van der Waals surface area contributed by atoms with Gasteiger partial charge in [0.25, 0.3) is 0 Å². The van der Waals surface area contributed by atoms with Gasteiger partial charge in [-0.25, -0.2) is 8.42 Å². The third-order valence-electron chi connectivity index (χ3n) is 2.52. The molecule has 0 radical (unpaired) electrons. The quantitative estimate of drug-likeness (QED) is 0.821. The molecule has 0 unspecified atom stereocenters. The van der Waals surface area contributed by atoms with E-state index in [0.717, 1.165) is 12.0 Å². The van der Waals surface area contributed by atoms with E-state index in [1.165, 1.54) is 12.1 Å². The normalized spacial score (nSPS) is 13.0. The fourth-order valence-corrected chi connectivity index (χ4v) is 2.52. The van der Waals surface area contributed by atoms with Crippen LogP contribution in [0.5, 0.6) is 0 Å². The minimum Gasteiger partial charge on any atom is -0.325 e. The molecule has 1 amide bonds. The van der Waals surface area contributed by atoms with Crippen LogP contribution in [0.25, 0.3) is 0 Å². The Morgan fingerprint density at radius 2 is 1.95 bits per heavy atom. The smallest absolute Gasteiger partial charge is 0.241 e. The van der Waals surface area contributed by atoms with Gasteiger partial charge in [-0.15, -0.1) is 0 Å². The van der Waals surface area contributed by atoms with Gasteiger partial charge in [0, 0.05) is 11.9 Å². The molecule has 0 saturated carbocycles. The number of carbonyl (C=O) groups is 1. The molecule has 0 aliphatic carbocycles. The van der Waals surface area contributed by atoms with E-state index < -0.39 is 15.9 Å². The van der Waals surface area contributed by atoms with Gasteiger partial charge >= 0.3 is 0 Å². The molecular formula is C12H18N2O3S2. The number of sulfone groups is 1. The Morgan fingerprint density at radius 3 is 2.42 bits per heavy atom. The maximum Gasteiger partial charge on any atom is 0.241 e. The maximum atomic E-state index is 11.7. The number of carbonyl (C=O) groups excluding carboxylic acids is 1. The van der Waals surface area contributed by atoms with Gasteiger partial charge in [-0.2, -0.15) is 11.8 Å². The molecule has 1 rings (SSSR count). The first-order valence-electron chi connectivity index (χ1n) is 5.70. The van der Waals surface area contributed by atoms with Gasteiger partial charge in [0.2, 0.25) is 5.91 Å². The van der Waals surface area contributed by atoms with Crippen LogP contribution in [-0.2, 0) is 14.6 Å². The van der Waals surface area contributed by atoms with Crippen molar-refractivity contribution in [3.8, 4) is 0 Å². The molecule has 0 aliphatic heterocycles. The first kappa shape index (κ1) is 16.0. The highest BCUT2D eigenvalue weighted by Gasteiger charge is 2.13. The van der Waals surface area contributed by atoms with Crippen molar-refractivity contribution in [3.05, 3.63) is 24.3 Å². The molecule has 0 aliphatic rings. The van der Waals surface area contributed by atoms with Crippen LogP contribution in [0.4, 0.5) is 5.69 Å². The highest BCUT2D eigenvalue weighted by atomic mass is 32.2. The zero-order valence-electron chi connectivity index (χ0n) is 10.9. The molecule has 0 bridgehead atoms. The zero-order chi connectivity index (χ0) is 14.5. The van der Waals surface area contributed by atoms with Crippen LogP contribution < -0.4 is 11.1 Å². The number of hydrogen-bond donors (Lipinski definition) is 2. The molecule has 106 valence electrons. The monoisotopic (exact) mass is 302 g/mol. The average Bonchev–Trinajstić information content (AvgIpc) is 2.35. The molecule has 7 heteroatoms. The number of hydrogen-bond acceptors (Lipinski definition) is 5. The summed E-state index contributed by atoms with van der Waals surface area (Å²) in [5, 5.41) is 2.66. The highest BCUT2D eigenvalue weighted by Crippen LogP contribution is 2.14. The first-order chi connectivity index (χ1) is 8.84. The van der Waals surface area contributed by atoms with Crippen molar-refractivity contribution in [2.45, 2.75) is 17.4 Å². The van der Waals surface area contributed by atoms with Crippen molar-refractivity contribution in [2.75, 3.05) is 23.6 Å². The van der Waals surface area contributed by atoms with Gasteiger partial charge in [-0.05, 0) is 42.7 Å². The number of nitrogens with two attached hydrogens (primary N) is 1. The van der Waals surface area contributed by atoms with E-state index in [4.69, 9.17) is 5.73 Å². The summed E-state index contributed by atoms with van der Waals surface area (Å²) in [7, 11) is -3.22. The lowest BCUT2D eigenvalue weighted by Gasteiger charge is -2.11. The van der Waals surface area contributed by atoms with Crippen LogP contribution in [0.2, 0.25) is 0 Å². The number of amides is 1. The molecule has 0 fully saturated rings. The number of benzene rings is 1. The van der Waals surface area contributed by atoms with Crippen molar-refractivity contribution < 1.29 is 13.2 Å². The summed E-state index contributed by atoms with van der Waals surface area (Å²) in [4.78, 5) is 12.0. The van der Waals surface area contributed by atoms with Gasteiger partial charge < -0.3 is 11.1 Å². The molecule has 3 N–H and O–H groups in total. The van der Waals surface area contributed by atoms with E-state index in [0.29, 0.717) is 12.1 Å². The number of thioether (sulfide) groups is 1. The molecular weight excluding hydrogens is 284 g/mol. The Hall–Kier alpha value is -1.05. The first-order valence-corrected chi connectivity index (χ1v) is 8.98. The van der Waals surface area contributed by atoms with E-state index in [1.807, 2.05) is 6.26 Å². The van der Waals surface area contributed by atoms with Crippen LogP contribution >= 0.6 is 11.8 Å². The second-order valence-corrected chi connectivity index (χ2v) is 7.18. The van der Waals surface area contributed by atoms with Crippen LogP contribution in [0.15, 0.2) is 29.2 Å². The predicted octanol–water partition coefficient (Wildman–Crippen LogP) is 1.11. The summed E-state index contributed by atoms with van der Waals surface area (Å²) in [6.07, 6.45) is 3.70. The SMILES string of the molecule is CSCC[C@@H](N)C(=O)Nc1ccc(S(C)(=O)=O)cc1. The number of rotatable bonds is 6. The van der Waals surface area contributed by atoms with Gasteiger partial charge in [-0.3, -0.25) is 4.79 Å². The van der Waals surface area contributed by atoms with E-state index in [2.05, 4.69) is 5.32 Å². The van der Waals surface area contributed by atoms with E-state index in [9.17, 15) is 13.2 Å². The molecule has 19 heavy (non-hydrogen) atoms. The van der Waals surface area contributed by atoms with Crippen molar-refractivity contribution in [1.29, 1.82) is 0 Å². The Kier molecular flexibility index (Phi) is 5.84. The topological polar surface area (TPSA) is 89.3 Å². The fraction of sp³-hybridized carbons (Fsp3) is 0.417. The van der Waals surface area contributed by atoms with E-state index in [-0.39, 0.29) is 10.8 Å². The standard InChI is InChI=1S/C12H18N2O3S2/c1-18-8-7-11(13)12(15)14-9-3-5-10(6-4-9)19(2,16)17/h3-6,11H,7-8,13H2,1-2H3,(H,14,15)/t11-/m1/s1. The minimum atomic E-state index is -3.22. The number of nitrogens with one attached hydrogen (secondary N) is 1. The lowest BCUT2D eigenvalue weighted by Crippen LogP contribution is -2.36. The summed E-state index contributed by atoms with van der Waals surface area (Å²) >= 11 is 1.63. The third-order valence-corrected chi connectivity index (χ3v) is 4.29. The second kappa shape index (κ2) is 6.93. The molecule has 1 atom stereocenters. The largest absolute Gasteiger partial charge is 0.325 e. The minimum absolute atomic E-state index is 0.220. The van der Waals surface area contributed by atoms with E-state index in [1.54, 1.807) is 23.9 Å². The fourth-order valence-electron chi connectivity index (χ4n) is 1.40. The van der Waals surface area contributed by atoms with Gasteiger partial charge in [0.15, 0.2) is 9.84 Å². The summed E-state index contributed by atoms with van der Waals surface area (Å²) in [6.45, 7) is 0. The van der Waals surface area contributed by atoms with Gasteiger partial charge in [-0.1, -0.05) is 0 Å². The molecule has 1 aromatic carbocycles. The summed E-state index contributed by atoms with van der Waals surface area (Å²) in [5.41, 5.74) is 6.27. The molecule has 0 heterocycles. The molecule has 0 saturated heterocycles. The average molecular weight is 302 g/mol. The van der Waals surface area contributed by atoms with Gasteiger partial charge in [0.05, 0.1) is 10.9 Å². The summed E-state index contributed by atoms with van der Waals surface area (Å²) in [5.74, 6) is 0.558. The summed E-state index contributed by atoms with van der Waals surface area (Å²) in [6, 6.07) is 5.46. The Morgan fingerprint density at radius 1 is 1.37 bits per heavy atom. The van der Waals surface area contributed by atoms with Crippen LogP contribution in [-0.4, -0.2) is 38.6 Å². The Balaban J connectivity index is 2.65. The van der Waals surface area contributed by atoms with Crippen molar-refractivity contribution in [2.24, 2.45) is 5.73 Å². The third kappa shape index (κ3) is 5.22. The molecule has 0 spiro atoms. The van der Waals surface area contributed by atoms with Crippen molar-refractivity contribution in [1.82, 2.24) is 0 Å². The van der Waals surface area contributed by atoms with Crippen LogP contribution in [0.1, 0.15) is 6.42 Å². The lowest BCUT2D eigenvalue weighted by molar-refractivity contribution is -0.117. The zero-order valence-corrected chi connectivity index (χ0v) is 12.6.